The van der Waals surface area contributed by atoms with Crippen LogP contribution in [0.3, 0.4) is 0 Å². The third-order valence-corrected chi connectivity index (χ3v) is 3.29. The lowest BCUT2D eigenvalue weighted by molar-refractivity contribution is -0.388. The van der Waals surface area contributed by atoms with Crippen LogP contribution in [0.15, 0.2) is 29.8 Å². The van der Waals surface area contributed by atoms with Gasteiger partial charge in [0, 0.05) is 12.6 Å². The predicted octanol–water partition coefficient (Wildman–Crippen LogP) is 0.0363. The maximum absolute atomic E-state index is 11.7. The molecule has 0 saturated carbocycles. The number of aromatic nitrogens is 1. The Kier molecular flexibility index (Phi) is 3.76. The van der Waals surface area contributed by atoms with Crippen LogP contribution in [0.25, 0.3) is 0 Å². The first kappa shape index (κ1) is 13.1. The summed E-state index contributed by atoms with van der Waals surface area (Å²) in [6.07, 6.45) is 2.35. The van der Waals surface area contributed by atoms with Gasteiger partial charge in [0.15, 0.2) is 5.69 Å². The molecule has 1 heterocycles. The van der Waals surface area contributed by atoms with Gasteiger partial charge < -0.3 is 15.8 Å². The molecule has 0 aromatic carbocycles. The summed E-state index contributed by atoms with van der Waals surface area (Å²) in [7, 11) is -3.90. The normalized spacial score (nSPS) is 11.1. The monoisotopic (exact) mass is 258 g/mol. The number of nitrogens with two attached hydrogens (primary N) is 1. The minimum Gasteiger partial charge on any atom is -0.391 e. The largest absolute Gasteiger partial charge is 0.391 e. The molecule has 8 nitrogen and oxygen atoms in total. The molecule has 0 atom stereocenters. The minimum atomic E-state index is -3.90. The highest BCUT2D eigenvalue weighted by molar-refractivity contribution is 7.89. The lowest BCUT2D eigenvalue weighted by atomic mass is 10.4. The van der Waals surface area contributed by atoms with E-state index >= 15 is 0 Å². The van der Waals surface area contributed by atoms with Crippen molar-refractivity contribution in [1.82, 2.24) is 9.71 Å². The number of nitrogens with zero attached hydrogens (tertiary/aromatic N) is 2. The molecular weight excluding hydrogens is 248 g/mol. The van der Waals surface area contributed by atoms with E-state index in [0.717, 1.165) is 12.3 Å². The lowest BCUT2D eigenvalue weighted by Gasteiger charge is -2.06. The Morgan fingerprint density at radius 3 is 2.82 bits per heavy atom. The van der Waals surface area contributed by atoms with Gasteiger partial charge in [-0.05, 0) is 9.91 Å². The molecule has 0 radical (unpaired) electrons. The van der Waals surface area contributed by atoms with Crippen LogP contribution in [-0.2, 0) is 10.0 Å². The Bertz CT molecular complexity index is 555. The molecule has 0 fully saturated rings. The van der Waals surface area contributed by atoms with Gasteiger partial charge in [0.25, 0.3) is 0 Å². The number of nitrogens with one attached hydrogen (secondary N) is 1. The van der Waals surface area contributed by atoms with E-state index in [-0.39, 0.29) is 11.4 Å². The van der Waals surface area contributed by atoms with Crippen molar-refractivity contribution in [1.29, 1.82) is 0 Å². The molecule has 0 saturated heterocycles. The summed E-state index contributed by atoms with van der Waals surface area (Å²) >= 11 is 0. The Morgan fingerprint density at radius 2 is 2.29 bits per heavy atom. The Hall–Kier alpha value is -2.00. The first-order valence-electron chi connectivity index (χ1n) is 4.39. The average Bonchev–Trinajstić information content (AvgIpc) is 2.26. The van der Waals surface area contributed by atoms with Gasteiger partial charge in [0.2, 0.25) is 10.0 Å². The molecular formula is C8H10N4O4S. The van der Waals surface area contributed by atoms with E-state index < -0.39 is 26.5 Å². The van der Waals surface area contributed by atoms with Crippen LogP contribution in [0.5, 0.6) is 0 Å². The van der Waals surface area contributed by atoms with E-state index in [1.807, 2.05) is 0 Å². The molecule has 9 heteroatoms. The fraction of sp³-hybridized carbons (Fsp3) is 0.125. The molecule has 1 rings (SSSR count). The summed E-state index contributed by atoms with van der Waals surface area (Å²) in [4.78, 5) is 12.7. The molecule has 0 aliphatic carbocycles. The molecule has 0 bridgehead atoms. The summed E-state index contributed by atoms with van der Waals surface area (Å²) in [5, 5.41) is 10.5. The fourth-order valence-corrected chi connectivity index (χ4v) is 2.18. The molecule has 1 aromatic heterocycles. The molecule has 0 spiro atoms. The SMILES string of the molecule is C=CCNS(=O)(=O)c1ccnc([N+](=O)[O-])c1N. The van der Waals surface area contributed by atoms with Crippen LogP contribution in [-0.4, -0.2) is 24.9 Å². The van der Waals surface area contributed by atoms with Crippen LogP contribution in [0.2, 0.25) is 0 Å². The highest BCUT2D eigenvalue weighted by atomic mass is 32.2. The Balaban J connectivity index is 3.28. The number of hydrogen-bond acceptors (Lipinski definition) is 6. The van der Waals surface area contributed by atoms with E-state index in [2.05, 4.69) is 16.3 Å². The van der Waals surface area contributed by atoms with Gasteiger partial charge >= 0.3 is 5.82 Å². The summed E-state index contributed by atoms with van der Waals surface area (Å²) < 4.78 is 25.6. The van der Waals surface area contributed by atoms with Crippen molar-refractivity contribution in [3.8, 4) is 0 Å². The Labute approximate surface area is 97.4 Å². The number of sulfonamides is 1. The van der Waals surface area contributed by atoms with Gasteiger partial charge in [-0.1, -0.05) is 6.08 Å². The van der Waals surface area contributed by atoms with E-state index in [9.17, 15) is 18.5 Å². The zero-order chi connectivity index (χ0) is 13.1. The quantitative estimate of drug-likeness (QED) is 0.435. The first-order valence-corrected chi connectivity index (χ1v) is 5.88. The van der Waals surface area contributed by atoms with Crippen LogP contribution in [0.1, 0.15) is 0 Å². The van der Waals surface area contributed by atoms with Crippen molar-refractivity contribution in [2.24, 2.45) is 0 Å². The van der Waals surface area contributed by atoms with E-state index in [1.54, 1.807) is 0 Å². The molecule has 1 aromatic rings. The van der Waals surface area contributed by atoms with Crippen molar-refractivity contribution in [2.45, 2.75) is 4.90 Å². The van der Waals surface area contributed by atoms with Crippen molar-refractivity contribution in [2.75, 3.05) is 12.3 Å². The molecule has 0 amide bonds. The second kappa shape index (κ2) is 4.89. The second-order valence-corrected chi connectivity index (χ2v) is 4.68. The predicted molar refractivity (Wildman–Crippen MR) is 60.7 cm³/mol. The highest BCUT2D eigenvalue weighted by Crippen LogP contribution is 2.25. The third kappa shape index (κ3) is 2.77. The average molecular weight is 258 g/mol. The lowest BCUT2D eigenvalue weighted by Crippen LogP contribution is -2.25. The number of rotatable bonds is 5. The van der Waals surface area contributed by atoms with Gasteiger partial charge in [-0.3, -0.25) is 0 Å². The van der Waals surface area contributed by atoms with Crippen molar-refractivity contribution < 1.29 is 13.3 Å². The van der Waals surface area contributed by atoms with Crippen LogP contribution < -0.4 is 10.5 Å². The third-order valence-electron chi connectivity index (χ3n) is 1.81. The number of pyridine rings is 1. The van der Waals surface area contributed by atoms with E-state index in [1.165, 1.54) is 6.08 Å². The number of hydrogen-bond donors (Lipinski definition) is 2. The summed E-state index contributed by atoms with van der Waals surface area (Å²) in [5.41, 5.74) is 4.90. The summed E-state index contributed by atoms with van der Waals surface area (Å²) in [5.74, 6) is -0.688. The zero-order valence-electron chi connectivity index (χ0n) is 8.66. The van der Waals surface area contributed by atoms with Crippen molar-refractivity contribution in [3.05, 3.63) is 35.0 Å². The fourth-order valence-electron chi connectivity index (χ4n) is 1.07. The number of anilines is 1. The molecule has 0 aliphatic heterocycles. The van der Waals surface area contributed by atoms with E-state index in [0.29, 0.717) is 0 Å². The first-order chi connectivity index (χ1) is 7.90. The van der Waals surface area contributed by atoms with Gasteiger partial charge in [-0.2, -0.15) is 0 Å². The summed E-state index contributed by atoms with van der Waals surface area (Å²) in [6.45, 7) is 3.34. The smallest absolute Gasteiger partial charge is 0.388 e. The maximum atomic E-state index is 11.7. The van der Waals surface area contributed by atoms with Gasteiger partial charge in [0.05, 0.1) is 0 Å². The van der Waals surface area contributed by atoms with Crippen LogP contribution in [0.4, 0.5) is 11.5 Å². The van der Waals surface area contributed by atoms with Gasteiger partial charge in [0.1, 0.15) is 11.1 Å². The molecule has 17 heavy (non-hydrogen) atoms. The summed E-state index contributed by atoms with van der Waals surface area (Å²) in [6, 6.07) is 1.09. The minimum absolute atomic E-state index is 0.00209. The Morgan fingerprint density at radius 1 is 1.65 bits per heavy atom. The molecule has 0 unspecified atom stereocenters. The van der Waals surface area contributed by atoms with Crippen LogP contribution >= 0.6 is 0 Å². The zero-order valence-corrected chi connectivity index (χ0v) is 9.48. The number of nitrogen functional groups attached to an aromatic ring is 1. The topological polar surface area (TPSA) is 128 Å². The number of nitro groups is 1. The maximum Gasteiger partial charge on any atom is 0.388 e. The molecule has 0 aliphatic rings. The van der Waals surface area contributed by atoms with E-state index in [4.69, 9.17) is 5.73 Å². The highest BCUT2D eigenvalue weighted by Gasteiger charge is 2.24. The molecule has 3 N–H and O–H groups in total. The van der Waals surface area contributed by atoms with Crippen LogP contribution in [0, 0.1) is 10.1 Å². The van der Waals surface area contributed by atoms with Gasteiger partial charge in [-0.15, -0.1) is 6.58 Å². The molecule has 92 valence electrons. The van der Waals surface area contributed by atoms with Gasteiger partial charge in [-0.25, -0.2) is 13.1 Å². The van der Waals surface area contributed by atoms with Crippen molar-refractivity contribution >= 4 is 21.5 Å². The van der Waals surface area contributed by atoms with Crippen molar-refractivity contribution in [3.63, 3.8) is 0 Å². The second-order valence-electron chi connectivity index (χ2n) is 2.94. The standard InChI is InChI=1S/C8H10N4O4S/c1-2-4-11-17(15,16)6-3-5-10-8(7(6)9)12(13)14/h2-3,5,11H,1,4,9H2.